The van der Waals surface area contributed by atoms with Crippen LogP contribution in [0.15, 0.2) is 12.2 Å². The van der Waals surface area contributed by atoms with Crippen LogP contribution >= 0.6 is 0 Å². The maximum Gasteiger partial charge on any atom is 0.492 e. The fourth-order valence-electron chi connectivity index (χ4n) is 2.25. The van der Waals surface area contributed by atoms with Crippen molar-refractivity contribution in [2.24, 2.45) is 0 Å². The van der Waals surface area contributed by atoms with E-state index in [1.807, 2.05) is 6.92 Å². The highest BCUT2D eigenvalue weighted by Gasteiger charge is 2.59. The first kappa shape index (κ1) is 13.1. The van der Waals surface area contributed by atoms with Gasteiger partial charge in [-0.15, -0.1) is 0 Å². The molecule has 2 rings (SSSR count). The molecule has 3 nitrogen and oxygen atoms in total. The minimum Gasteiger partial charge on any atom is -0.401 e. The van der Waals surface area contributed by atoms with E-state index in [4.69, 9.17) is 14.0 Å². The molecule has 1 fully saturated rings. The standard InChI is InChI=1S/C13H23BO3/c1-10-8-7-9-13(6,15-10)14-16-11(2,3)12(4,5)17-14/h7-8,10H,9H2,1-6H3/t10-,13+/m1/s1. The molecule has 96 valence electrons. The smallest absolute Gasteiger partial charge is 0.401 e. The van der Waals surface area contributed by atoms with E-state index in [2.05, 4.69) is 46.8 Å². The highest BCUT2D eigenvalue weighted by molar-refractivity contribution is 6.49. The molecule has 0 aromatic carbocycles. The van der Waals surface area contributed by atoms with Crippen LogP contribution in [0.4, 0.5) is 0 Å². The molecule has 2 atom stereocenters. The van der Waals surface area contributed by atoms with Gasteiger partial charge in [-0.25, -0.2) is 0 Å². The van der Waals surface area contributed by atoms with E-state index in [1.54, 1.807) is 0 Å². The van der Waals surface area contributed by atoms with Gasteiger partial charge in [-0.05, 0) is 48.0 Å². The van der Waals surface area contributed by atoms with Gasteiger partial charge in [-0.1, -0.05) is 12.2 Å². The molecule has 4 heteroatoms. The van der Waals surface area contributed by atoms with Crippen LogP contribution in [0.25, 0.3) is 0 Å². The van der Waals surface area contributed by atoms with Gasteiger partial charge in [0.05, 0.1) is 17.3 Å². The molecule has 1 saturated heterocycles. The van der Waals surface area contributed by atoms with Crippen molar-refractivity contribution in [3.8, 4) is 0 Å². The molecular formula is C13H23BO3. The number of hydrogen-bond acceptors (Lipinski definition) is 3. The van der Waals surface area contributed by atoms with Crippen molar-refractivity contribution >= 4 is 7.12 Å². The van der Waals surface area contributed by atoms with E-state index >= 15 is 0 Å². The molecule has 2 aliphatic rings. The van der Waals surface area contributed by atoms with Crippen molar-refractivity contribution in [2.45, 2.75) is 70.8 Å². The molecule has 2 heterocycles. The Kier molecular flexibility index (Phi) is 2.96. The van der Waals surface area contributed by atoms with Crippen LogP contribution in [0, 0.1) is 0 Å². The third-order valence-corrected chi connectivity index (χ3v) is 4.14. The number of ether oxygens (including phenoxy) is 1. The molecular weight excluding hydrogens is 215 g/mol. The Morgan fingerprint density at radius 1 is 1.06 bits per heavy atom. The van der Waals surface area contributed by atoms with Crippen LogP contribution in [-0.4, -0.2) is 29.9 Å². The van der Waals surface area contributed by atoms with Crippen LogP contribution in [-0.2, 0) is 14.0 Å². The molecule has 17 heavy (non-hydrogen) atoms. The van der Waals surface area contributed by atoms with Gasteiger partial charge >= 0.3 is 7.12 Å². The Hall–Kier alpha value is -0.315. The summed E-state index contributed by atoms with van der Waals surface area (Å²) in [5.74, 6) is 0. The fraction of sp³-hybridized carbons (Fsp3) is 0.846. The predicted octanol–water partition coefficient (Wildman–Crippen LogP) is 2.74. The second-order valence-corrected chi connectivity index (χ2v) is 6.36. The van der Waals surface area contributed by atoms with Crippen LogP contribution in [0.2, 0.25) is 0 Å². The van der Waals surface area contributed by atoms with Gasteiger partial charge in [0.25, 0.3) is 0 Å². The second-order valence-electron chi connectivity index (χ2n) is 6.36. The molecule has 0 aromatic heterocycles. The molecule has 0 aromatic rings. The van der Waals surface area contributed by atoms with E-state index in [0.29, 0.717) is 0 Å². The van der Waals surface area contributed by atoms with E-state index in [0.717, 1.165) is 6.42 Å². The highest BCUT2D eigenvalue weighted by atomic mass is 16.7. The lowest BCUT2D eigenvalue weighted by Crippen LogP contribution is -2.50. The van der Waals surface area contributed by atoms with Gasteiger partial charge in [0.15, 0.2) is 0 Å². The average Bonchev–Trinajstić information content (AvgIpc) is 2.36. The largest absolute Gasteiger partial charge is 0.492 e. The van der Waals surface area contributed by atoms with Crippen molar-refractivity contribution in [2.75, 3.05) is 0 Å². The zero-order valence-corrected chi connectivity index (χ0v) is 11.7. The third-order valence-electron chi connectivity index (χ3n) is 4.14. The summed E-state index contributed by atoms with van der Waals surface area (Å²) < 4.78 is 18.2. The molecule has 0 radical (unpaired) electrons. The summed E-state index contributed by atoms with van der Waals surface area (Å²) in [6.07, 6.45) is 5.17. The monoisotopic (exact) mass is 238 g/mol. The molecule has 2 aliphatic heterocycles. The van der Waals surface area contributed by atoms with Gasteiger partial charge in [-0.2, -0.15) is 0 Å². The van der Waals surface area contributed by atoms with E-state index in [1.165, 1.54) is 0 Å². The number of rotatable bonds is 1. The predicted molar refractivity (Wildman–Crippen MR) is 68.8 cm³/mol. The van der Waals surface area contributed by atoms with Crippen molar-refractivity contribution in [3.63, 3.8) is 0 Å². The fourth-order valence-corrected chi connectivity index (χ4v) is 2.25. The normalized spacial score (nSPS) is 39.6. The van der Waals surface area contributed by atoms with E-state index < -0.39 is 0 Å². The highest BCUT2D eigenvalue weighted by Crippen LogP contribution is 2.42. The van der Waals surface area contributed by atoms with Crippen LogP contribution in [0.5, 0.6) is 0 Å². The summed E-state index contributed by atoms with van der Waals surface area (Å²) in [5.41, 5.74) is -0.984. The summed E-state index contributed by atoms with van der Waals surface area (Å²) in [5, 5.41) is 0. The molecule has 0 unspecified atom stereocenters. The Bertz CT molecular complexity index is 322. The van der Waals surface area contributed by atoms with E-state index in [-0.39, 0.29) is 29.9 Å². The zero-order chi connectivity index (χ0) is 12.9. The lowest BCUT2D eigenvalue weighted by Gasteiger charge is -2.35. The van der Waals surface area contributed by atoms with Gasteiger partial charge < -0.3 is 14.0 Å². The zero-order valence-electron chi connectivity index (χ0n) is 11.7. The Morgan fingerprint density at radius 3 is 2.06 bits per heavy atom. The molecule has 0 amide bonds. The minimum absolute atomic E-state index is 0.118. The van der Waals surface area contributed by atoms with Crippen LogP contribution < -0.4 is 0 Å². The van der Waals surface area contributed by atoms with Crippen LogP contribution in [0.3, 0.4) is 0 Å². The first-order valence-electron chi connectivity index (χ1n) is 6.36. The van der Waals surface area contributed by atoms with E-state index in [9.17, 15) is 0 Å². The second kappa shape index (κ2) is 3.84. The molecule has 0 N–H and O–H groups in total. The summed E-state index contributed by atoms with van der Waals surface area (Å²) >= 11 is 0. The third kappa shape index (κ3) is 2.18. The Balaban J connectivity index is 2.18. The summed E-state index contributed by atoms with van der Waals surface area (Å²) in [4.78, 5) is 0. The maximum atomic E-state index is 6.07. The Labute approximate surface area is 105 Å². The number of hydrogen-bond donors (Lipinski definition) is 0. The molecule has 0 bridgehead atoms. The molecule has 0 saturated carbocycles. The summed E-state index contributed by atoms with van der Waals surface area (Å²) in [6.45, 7) is 12.4. The summed E-state index contributed by atoms with van der Waals surface area (Å²) in [7, 11) is -0.306. The van der Waals surface area contributed by atoms with Gasteiger partial charge in [0.1, 0.15) is 5.50 Å². The SMILES string of the molecule is C[C@@H]1C=CC[C@@](C)(B2OC(C)(C)C(C)(C)O2)O1. The maximum absolute atomic E-state index is 6.07. The lowest BCUT2D eigenvalue weighted by molar-refractivity contribution is -0.0317. The van der Waals surface area contributed by atoms with Gasteiger partial charge in [-0.3, -0.25) is 0 Å². The summed E-state index contributed by atoms with van der Waals surface area (Å²) in [6, 6.07) is 0. The van der Waals surface area contributed by atoms with Gasteiger partial charge in [0.2, 0.25) is 0 Å². The average molecular weight is 238 g/mol. The van der Waals surface area contributed by atoms with Crippen LogP contribution in [0.1, 0.15) is 48.0 Å². The van der Waals surface area contributed by atoms with Crippen molar-refractivity contribution in [3.05, 3.63) is 12.2 Å². The quantitative estimate of drug-likeness (QED) is 0.519. The Morgan fingerprint density at radius 2 is 1.59 bits per heavy atom. The van der Waals surface area contributed by atoms with Gasteiger partial charge in [0, 0.05) is 0 Å². The first-order chi connectivity index (χ1) is 7.66. The lowest BCUT2D eigenvalue weighted by atomic mass is 9.65. The van der Waals surface area contributed by atoms with Crippen molar-refractivity contribution < 1.29 is 14.0 Å². The minimum atomic E-state index is -0.390. The molecule has 0 spiro atoms. The first-order valence-corrected chi connectivity index (χ1v) is 6.36. The van der Waals surface area contributed by atoms with Crippen molar-refractivity contribution in [1.82, 2.24) is 0 Å². The molecule has 0 aliphatic carbocycles. The topological polar surface area (TPSA) is 27.7 Å². The van der Waals surface area contributed by atoms with Crippen molar-refractivity contribution in [1.29, 1.82) is 0 Å².